The van der Waals surface area contributed by atoms with Crippen molar-refractivity contribution in [2.24, 2.45) is 5.92 Å². The third kappa shape index (κ3) is 7.05. The minimum absolute atomic E-state index is 0.128. The summed E-state index contributed by atoms with van der Waals surface area (Å²) < 4.78 is 15.7. The van der Waals surface area contributed by atoms with E-state index in [0.717, 1.165) is 63.7 Å². The van der Waals surface area contributed by atoms with Gasteiger partial charge in [-0.25, -0.2) is 9.18 Å². The summed E-state index contributed by atoms with van der Waals surface area (Å²) in [7, 11) is 0. The number of halogens is 1. The van der Waals surface area contributed by atoms with Gasteiger partial charge in [-0.15, -0.1) is 0 Å². The van der Waals surface area contributed by atoms with E-state index in [-0.39, 0.29) is 30.8 Å². The largest absolute Gasteiger partial charge is 0.465 e. The van der Waals surface area contributed by atoms with Gasteiger partial charge in [0.2, 0.25) is 5.91 Å². The van der Waals surface area contributed by atoms with E-state index in [4.69, 9.17) is 5.11 Å². The quantitative estimate of drug-likeness (QED) is 0.296. The number of carboxylic acid groups (broad SMARTS) is 1. The van der Waals surface area contributed by atoms with Gasteiger partial charge < -0.3 is 25.7 Å². The Bertz CT molecular complexity index is 1270. The molecule has 2 unspecified atom stereocenters. The molecular formula is C34H47FN4O4. The molecular weight excluding hydrogens is 547 g/mol. The van der Waals surface area contributed by atoms with Crippen molar-refractivity contribution in [2.75, 3.05) is 39.3 Å². The fourth-order valence-electron chi connectivity index (χ4n) is 7.64. The third-order valence-electron chi connectivity index (χ3n) is 9.88. The summed E-state index contributed by atoms with van der Waals surface area (Å²) >= 11 is 0. The summed E-state index contributed by atoms with van der Waals surface area (Å²) in [6, 6.07) is 12.9. The zero-order valence-electron chi connectivity index (χ0n) is 25.4. The molecule has 234 valence electrons. The first kappa shape index (κ1) is 31.4. The van der Waals surface area contributed by atoms with Crippen LogP contribution >= 0.6 is 0 Å². The number of amides is 2. The van der Waals surface area contributed by atoms with E-state index in [9.17, 15) is 14.7 Å². The number of carbonyl (C=O) groups excluding carboxylic acids is 1. The topological polar surface area (TPSA) is 105 Å². The summed E-state index contributed by atoms with van der Waals surface area (Å²) in [6.45, 7) is 6.18. The van der Waals surface area contributed by atoms with E-state index in [1.807, 2.05) is 29.2 Å². The number of nitrogens with one attached hydrogen (secondary N) is 2. The molecule has 43 heavy (non-hydrogen) atoms. The Labute approximate surface area is 254 Å². The minimum Gasteiger partial charge on any atom is -0.465 e. The maximum atomic E-state index is 15.7. The average molecular weight is 595 g/mol. The number of piperidine rings is 2. The standard InChI is InChI=1S/C34H47FN4O4/c1-2-24-8-3-9-25(22-24)31-28(11-4-12-29(31)35)34(43,16-7-17-37-33(41)42)26-10-5-20-38(23-26)32(40)30-13-6-21-39(30)27-14-18-36-19-15-27/h3-4,8-9,11-12,22,26-27,30,36-37,43H,2,5-7,10,13-21,23H2,1H3,(H,41,42)/t26?,30-,34?/m1/s1. The Morgan fingerprint density at radius 1 is 1.07 bits per heavy atom. The number of carbonyl (C=O) groups is 2. The Kier molecular flexibility index (Phi) is 10.4. The van der Waals surface area contributed by atoms with Crippen LogP contribution in [0.15, 0.2) is 42.5 Å². The molecule has 3 atom stereocenters. The van der Waals surface area contributed by atoms with E-state index >= 15 is 4.39 Å². The summed E-state index contributed by atoms with van der Waals surface area (Å²) in [5.74, 6) is -0.579. The Balaban J connectivity index is 1.45. The van der Waals surface area contributed by atoms with Gasteiger partial charge in [0.1, 0.15) is 5.82 Å². The highest BCUT2D eigenvalue weighted by atomic mass is 19.1. The molecule has 0 saturated carbocycles. The van der Waals surface area contributed by atoms with Gasteiger partial charge >= 0.3 is 6.09 Å². The van der Waals surface area contributed by atoms with Crippen LogP contribution in [0.5, 0.6) is 0 Å². The first-order valence-electron chi connectivity index (χ1n) is 16.1. The SMILES string of the molecule is CCc1cccc(-c2c(F)cccc2C(O)(CCCNC(=O)O)C2CCCN(C(=O)[C@H]3CCCN3C3CCNCC3)C2)c1. The number of benzene rings is 2. The molecule has 3 aliphatic rings. The van der Waals surface area contributed by atoms with Crippen molar-refractivity contribution in [2.45, 2.75) is 82.4 Å². The fraction of sp³-hybridized carbons (Fsp3) is 0.588. The van der Waals surface area contributed by atoms with Gasteiger partial charge in [0.05, 0.1) is 11.6 Å². The molecule has 2 aromatic rings. The highest BCUT2D eigenvalue weighted by Crippen LogP contribution is 2.44. The lowest BCUT2D eigenvalue weighted by Gasteiger charge is -2.45. The second kappa shape index (κ2) is 14.2. The molecule has 0 bridgehead atoms. The molecule has 8 nitrogen and oxygen atoms in total. The predicted molar refractivity (Wildman–Crippen MR) is 165 cm³/mol. The molecule has 3 fully saturated rings. The fourth-order valence-corrected chi connectivity index (χ4v) is 7.64. The van der Waals surface area contributed by atoms with Crippen molar-refractivity contribution in [3.05, 3.63) is 59.4 Å². The molecule has 0 radical (unpaired) electrons. The summed E-state index contributed by atoms with van der Waals surface area (Å²) in [5.41, 5.74) is 1.21. The van der Waals surface area contributed by atoms with Crippen LogP contribution in [0.3, 0.4) is 0 Å². The summed E-state index contributed by atoms with van der Waals surface area (Å²) in [4.78, 5) is 29.6. The molecule has 0 spiro atoms. The molecule has 3 heterocycles. The maximum absolute atomic E-state index is 15.7. The number of hydrogen-bond acceptors (Lipinski definition) is 5. The summed E-state index contributed by atoms with van der Waals surface area (Å²) in [5, 5.41) is 27.6. The molecule has 0 aromatic heterocycles. The second-order valence-corrected chi connectivity index (χ2v) is 12.5. The van der Waals surface area contributed by atoms with Crippen LogP contribution in [-0.2, 0) is 16.8 Å². The average Bonchev–Trinajstić information content (AvgIpc) is 3.53. The van der Waals surface area contributed by atoms with E-state index in [2.05, 4.69) is 22.5 Å². The zero-order chi connectivity index (χ0) is 30.4. The van der Waals surface area contributed by atoms with E-state index in [1.165, 1.54) is 6.07 Å². The van der Waals surface area contributed by atoms with E-state index < -0.39 is 17.5 Å². The lowest BCUT2D eigenvalue weighted by atomic mass is 9.72. The predicted octanol–water partition coefficient (Wildman–Crippen LogP) is 4.75. The van der Waals surface area contributed by atoms with Crippen LogP contribution in [0, 0.1) is 11.7 Å². The van der Waals surface area contributed by atoms with Crippen LogP contribution in [0.4, 0.5) is 9.18 Å². The molecule has 2 aromatic carbocycles. The zero-order valence-corrected chi connectivity index (χ0v) is 25.4. The number of nitrogens with zero attached hydrogens (tertiary/aromatic N) is 2. The lowest BCUT2D eigenvalue weighted by molar-refractivity contribution is -0.142. The lowest BCUT2D eigenvalue weighted by Crippen LogP contribution is -2.55. The molecule has 9 heteroatoms. The first-order chi connectivity index (χ1) is 20.8. The van der Waals surface area contributed by atoms with E-state index in [1.54, 1.807) is 12.1 Å². The van der Waals surface area contributed by atoms with Crippen LogP contribution < -0.4 is 10.6 Å². The molecule has 4 N–H and O–H groups in total. The highest BCUT2D eigenvalue weighted by Gasteiger charge is 2.45. The van der Waals surface area contributed by atoms with Crippen molar-refractivity contribution in [1.29, 1.82) is 0 Å². The van der Waals surface area contributed by atoms with E-state index in [0.29, 0.717) is 48.7 Å². The number of rotatable bonds is 10. The monoisotopic (exact) mass is 594 g/mol. The van der Waals surface area contributed by atoms with Crippen molar-refractivity contribution in [1.82, 2.24) is 20.4 Å². The summed E-state index contributed by atoms with van der Waals surface area (Å²) in [6.07, 6.45) is 5.74. The van der Waals surface area contributed by atoms with Crippen LogP contribution in [0.2, 0.25) is 0 Å². The number of likely N-dealkylation sites (tertiary alicyclic amines) is 2. The van der Waals surface area contributed by atoms with Gasteiger partial charge in [0.25, 0.3) is 0 Å². The van der Waals surface area contributed by atoms with Crippen LogP contribution in [-0.4, -0.2) is 83.4 Å². The minimum atomic E-state index is -1.46. The first-order valence-corrected chi connectivity index (χ1v) is 16.1. The van der Waals surface area contributed by atoms with Crippen molar-refractivity contribution in [3.63, 3.8) is 0 Å². The number of hydrogen-bond donors (Lipinski definition) is 4. The molecule has 0 aliphatic carbocycles. The van der Waals surface area contributed by atoms with Gasteiger partial charge in [-0.2, -0.15) is 0 Å². The Hall–Kier alpha value is -3.01. The number of aryl methyl sites for hydroxylation is 1. The van der Waals surface area contributed by atoms with Gasteiger partial charge in [-0.3, -0.25) is 9.69 Å². The Morgan fingerprint density at radius 3 is 2.60 bits per heavy atom. The Morgan fingerprint density at radius 2 is 1.84 bits per heavy atom. The van der Waals surface area contributed by atoms with Crippen molar-refractivity contribution >= 4 is 12.0 Å². The van der Waals surface area contributed by atoms with Gasteiger partial charge in [0, 0.05) is 37.2 Å². The second-order valence-electron chi connectivity index (χ2n) is 12.5. The van der Waals surface area contributed by atoms with Gasteiger partial charge in [-0.05, 0) is 100 Å². The normalized spacial score (nSPS) is 23.2. The molecule has 3 saturated heterocycles. The van der Waals surface area contributed by atoms with Gasteiger partial charge in [0.15, 0.2) is 0 Å². The van der Waals surface area contributed by atoms with Crippen molar-refractivity contribution < 1.29 is 24.2 Å². The van der Waals surface area contributed by atoms with Crippen molar-refractivity contribution in [3.8, 4) is 11.1 Å². The highest BCUT2D eigenvalue weighted by molar-refractivity contribution is 5.82. The number of aliphatic hydroxyl groups is 1. The molecule has 3 aliphatic heterocycles. The van der Waals surface area contributed by atoms with Crippen LogP contribution in [0.1, 0.15) is 69.4 Å². The van der Waals surface area contributed by atoms with Gasteiger partial charge in [-0.1, -0.05) is 43.3 Å². The van der Waals surface area contributed by atoms with Crippen LogP contribution in [0.25, 0.3) is 11.1 Å². The third-order valence-corrected chi connectivity index (χ3v) is 9.88. The maximum Gasteiger partial charge on any atom is 0.404 e. The smallest absolute Gasteiger partial charge is 0.404 e. The molecule has 5 rings (SSSR count). The molecule has 2 amide bonds.